The number of aryl methyl sites for hydroxylation is 1. The van der Waals surface area contributed by atoms with E-state index in [0.717, 1.165) is 10.9 Å². The third kappa shape index (κ3) is 1.39. The van der Waals surface area contributed by atoms with Crippen LogP contribution in [0.4, 0.5) is 0 Å². The minimum absolute atomic E-state index is 0.450. The Morgan fingerprint density at radius 2 is 2.00 bits per heavy atom. The van der Waals surface area contributed by atoms with Gasteiger partial charge < -0.3 is 10.0 Å². The molecule has 0 aliphatic rings. The molecule has 3 nitrogen and oxygen atoms in total. The molecule has 0 spiro atoms. The minimum Gasteiger partial charge on any atom is -0.423 e. The zero-order valence-electron chi connectivity index (χ0n) is 7.81. The van der Waals surface area contributed by atoms with Crippen molar-refractivity contribution in [3.63, 3.8) is 0 Å². The molecule has 0 aliphatic carbocycles. The topological polar surface area (TPSA) is 53.4 Å². The smallest absolute Gasteiger partial charge is 0.423 e. The number of nitrogens with zero attached hydrogens (tertiary/aromatic N) is 1. The molecule has 0 bridgehead atoms. The average Bonchev–Trinajstić information content (AvgIpc) is 2.18. The van der Waals surface area contributed by atoms with E-state index in [9.17, 15) is 0 Å². The highest BCUT2D eigenvalue weighted by atomic mass is 16.4. The quantitative estimate of drug-likeness (QED) is 0.628. The molecule has 0 fully saturated rings. The van der Waals surface area contributed by atoms with E-state index in [-0.39, 0.29) is 0 Å². The average molecular weight is 187 g/mol. The maximum atomic E-state index is 9.13. The molecular formula is C10H10BNO2. The molecule has 70 valence electrons. The van der Waals surface area contributed by atoms with Gasteiger partial charge in [0.2, 0.25) is 0 Å². The highest BCUT2D eigenvalue weighted by Gasteiger charge is 2.15. The predicted molar refractivity (Wildman–Crippen MR) is 56.3 cm³/mol. The second-order valence-electron chi connectivity index (χ2n) is 3.24. The van der Waals surface area contributed by atoms with Gasteiger partial charge in [0, 0.05) is 17.0 Å². The van der Waals surface area contributed by atoms with Crippen molar-refractivity contribution < 1.29 is 10.0 Å². The highest BCUT2D eigenvalue weighted by molar-refractivity contribution is 6.61. The van der Waals surface area contributed by atoms with Crippen LogP contribution < -0.4 is 5.46 Å². The van der Waals surface area contributed by atoms with Crippen LogP contribution in [0.2, 0.25) is 0 Å². The fourth-order valence-corrected chi connectivity index (χ4v) is 1.55. The molecule has 0 aliphatic heterocycles. The van der Waals surface area contributed by atoms with Crippen LogP contribution in [0.3, 0.4) is 0 Å². The molecule has 1 heterocycles. The Morgan fingerprint density at radius 3 is 2.71 bits per heavy atom. The molecule has 2 rings (SSSR count). The van der Waals surface area contributed by atoms with E-state index in [2.05, 4.69) is 4.98 Å². The molecule has 0 radical (unpaired) electrons. The molecule has 14 heavy (non-hydrogen) atoms. The summed E-state index contributed by atoms with van der Waals surface area (Å²) >= 11 is 0. The fourth-order valence-electron chi connectivity index (χ4n) is 1.55. The van der Waals surface area contributed by atoms with Gasteiger partial charge in [-0.3, -0.25) is 4.98 Å². The number of fused-ring (bicyclic) bond motifs is 1. The van der Waals surface area contributed by atoms with E-state index in [1.54, 1.807) is 12.3 Å². The zero-order valence-corrected chi connectivity index (χ0v) is 7.81. The van der Waals surface area contributed by atoms with Crippen LogP contribution in [-0.4, -0.2) is 22.2 Å². The molecule has 0 unspecified atom stereocenters. The lowest BCUT2D eigenvalue weighted by molar-refractivity contribution is 0.426. The molecular weight excluding hydrogens is 177 g/mol. The molecule has 0 atom stereocenters. The highest BCUT2D eigenvalue weighted by Crippen LogP contribution is 2.13. The Hall–Kier alpha value is -1.39. The summed E-state index contributed by atoms with van der Waals surface area (Å²) in [5.74, 6) is 0. The van der Waals surface area contributed by atoms with Crippen molar-refractivity contribution in [1.29, 1.82) is 0 Å². The molecule has 0 saturated heterocycles. The molecule has 2 N–H and O–H groups in total. The first-order chi connectivity index (χ1) is 6.70. The minimum atomic E-state index is -1.46. The number of hydrogen-bond donors (Lipinski definition) is 2. The predicted octanol–water partition coefficient (Wildman–Crippen LogP) is 0.223. The third-order valence-corrected chi connectivity index (χ3v) is 2.30. The van der Waals surface area contributed by atoms with Gasteiger partial charge in [-0.05, 0) is 18.6 Å². The summed E-state index contributed by atoms with van der Waals surface area (Å²) < 4.78 is 0. The molecule has 0 saturated carbocycles. The van der Waals surface area contributed by atoms with E-state index in [1.165, 1.54) is 0 Å². The molecule has 1 aromatic carbocycles. The van der Waals surface area contributed by atoms with E-state index in [1.807, 2.05) is 25.1 Å². The molecule has 2 aromatic rings. The molecule has 4 heteroatoms. The number of aromatic nitrogens is 1. The number of hydrogen-bond acceptors (Lipinski definition) is 3. The first kappa shape index (κ1) is 9.18. The monoisotopic (exact) mass is 187 g/mol. The van der Waals surface area contributed by atoms with Crippen LogP contribution in [0.5, 0.6) is 0 Å². The lowest BCUT2D eigenvalue weighted by Crippen LogP contribution is -2.31. The van der Waals surface area contributed by atoms with Crippen molar-refractivity contribution in [3.05, 3.63) is 36.0 Å². The van der Waals surface area contributed by atoms with Crippen LogP contribution in [0.1, 0.15) is 5.56 Å². The summed E-state index contributed by atoms with van der Waals surface area (Å²) in [4.78, 5) is 4.14. The normalized spacial score (nSPS) is 10.5. The Kier molecular flexibility index (Phi) is 2.23. The van der Waals surface area contributed by atoms with Crippen LogP contribution >= 0.6 is 0 Å². The lowest BCUT2D eigenvalue weighted by Gasteiger charge is -2.06. The van der Waals surface area contributed by atoms with Gasteiger partial charge in [0.05, 0.1) is 5.52 Å². The van der Waals surface area contributed by atoms with Gasteiger partial charge in [-0.1, -0.05) is 18.2 Å². The van der Waals surface area contributed by atoms with Crippen LogP contribution in [0, 0.1) is 6.92 Å². The Morgan fingerprint density at radius 1 is 1.21 bits per heavy atom. The van der Waals surface area contributed by atoms with Crippen LogP contribution in [0.15, 0.2) is 30.5 Å². The maximum absolute atomic E-state index is 9.13. The van der Waals surface area contributed by atoms with Crippen molar-refractivity contribution in [1.82, 2.24) is 4.98 Å². The Bertz CT molecular complexity index is 471. The van der Waals surface area contributed by atoms with Crippen molar-refractivity contribution in [2.24, 2.45) is 0 Å². The first-order valence-electron chi connectivity index (χ1n) is 4.40. The van der Waals surface area contributed by atoms with Gasteiger partial charge in [0.25, 0.3) is 0 Å². The van der Waals surface area contributed by atoms with Gasteiger partial charge in [0.15, 0.2) is 0 Å². The van der Waals surface area contributed by atoms with Gasteiger partial charge >= 0.3 is 7.12 Å². The summed E-state index contributed by atoms with van der Waals surface area (Å²) in [7, 11) is -1.46. The third-order valence-electron chi connectivity index (χ3n) is 2.30. The fraction of sp³-hybridized carbons (Fsp3) is 0.100. The summed E-state index contributed by atoms with van der Waals surface area (Å²) in [6, 6.07) is 7.31. The van der Waals surface area contributed by atoms with Crippen LogP contribution in [0.25, 0.3) is 10.9 Å². The largest absolute Gasteiger partial charge is 0.490 e. The van der Waals surface area contributed by atoms with E-state index < -0.39 is 7.12 Å². The first-order valence-corrected chi connectivity index (χ1v) is 4.40. The number of benzene rings is 1. The summed E-state index contributed by atoms with van der Waals surface area (Å²) in [5.41, 5.74) is 2.19. The van der Waals surface area contributed by atoms with Gasteiger partial charge in [-0.25, -0.2) is 0 Å². The summed E-state index contributed by atoms with van der Waals surface area (Å²) in [6.07, 6.45) is 1.65. The molecule has 1 aromatic heterocycles. The van der Waals surface area contributed by atoms with Gasteiger partial charge in [0.1, 0.15) is 0 Å². The van der Waals surface area contributed by atoms with Gasteiger partial charge in [-0.2, -0.15) is 0 Å². The molecule has 0 amide bonds. The summed E-state index contributed by atoms with van der Waals surface area (Å²) in [5, 5.41) is 19.2. The zero-order chi connectivity index (χ0) is 10.1. The van der Waals surface area contributed by atoms with Crippen molar-refractivity contribution >= 4 is 23.5 Å². The van der Waals surface area contributed by atoms with Crippen molar-refractivity contribution in [3.8, 4) is 0 Å². The van der Waals surface area contributed by atoms with Crippen molar-refractivity contribution in [2.75, 3.05) is 0 Å². The summed E-state index contributed by atoms with van der Waals surface area (Å²) in [6.45, 7) is 1.97. The van der Waals surface area contributed by atoms with Crippen molar-refractivity contribution in [2.45, 2.75) is 6.92 Å². The number of pyridine rings is 1. The van der Waals surface area contributed by atoms with E-state index >= 15 is 0 Å². The second-order valence-corrected chi connectivity index (χ2v) is 3.24. The maximum Gasteiger partial charge on any atom is 0.490 e. The SMILES string of the molecule is Cc1ccc(B(O)O)c2ncccc12. The Balaban J connectivity index is 2.82. The Labute approximate surface area is 82.2 Å². The van der Waals surface area contributed by atoms with E-state index in [0.29, 0.717) is 11.0 Å². The standard InChI is InChI=1S/C10H10BNO2/c1-7-4-5-9(11(13)14)10-8(7)3-2-6-12-10/h2-6,13-14H,1H3. The lowest BCUT2D eigenvalue weighted by atomic mass is 9.78. The van der Waals surface area contributed by atoms with Gasteiger partial charge in [-0.15, -0.1) is 0 Å². The number of rotatable bonds is 1. The van der Waals surface area contributed by atoms with Crippen LogP contribution in [-0.2, 0) is 0 Å². The second kappa shape index (κ2) is 3.40. The van der Waals surface area contributed by atoms with E-state index in [4.69, 9.17) is 10.0 Å².